The van der Waals surface area contributed by atoms with Crippen LogP contribution < -0.4 is 4.31 Å². The van der Waals surface area contributed by atoms with Gasteiger partial charge in [0.25, 0.3) is 0 Å². The highest BCUT2D eigenvalue weighted by atomic mass is 32.2. The number of hydrogen-bond donors (Lipinski definition) is 1. The van der Waals surface area contributed by atoms with E-state index in [-0.39, 0.29) is 0 Å². The number of fused-ring (bicyclic) bond motifs is 1. The number of aliphatic imine (C=N–C) groups is 1. The molecule has 5 nitrogen and oxygen atoms in total. The lowest BCUT2D eigenvalue weighted by Gasteiger charge is -2.17. The minimum atomic E-state index is -3.28. The van der Waals surface area contributed by atoms with Gasteiger partial charge in [-0.25, -0.2) is 8.42 Å². The van der Waals surface area contributed by atoms with Crippen molar-refractivity contribution in [2.24, 2.45) is 4.99 Å². The van der Waals surface area contributed by atoms with Crippen LogP contribution in [-0.4, -0.2) is 44.0 Å². The number of nitrogens with one attached hydrogen (secondary N) is 1. The predicted molar refractivity (Wildman–Crippen MR) is 85.4 cm³/mol. The summed E-state index contributed by atoms with van der Waals surface area (Å²) in [6, 6.07) is 7.65. The summed E-state index contributed by atoms with van der Waals surface area (Å²) in [5, 5.41) is 1.98. The standard InChI is InChI=1S/C13H15N3O2S2/c1-16(20(2,17)18)11-5-3-4-9-8-10(15-12(9)11)13-14-6-7-19-13/h3-5,8,15H,6-7H2,1-2H3. The lowest BCUT2D eigenvalue weighted by atomic mass is 10.2. The molecule has 7 heteroatoms. The first-order valence-electron chi connectivity index (χ1n) is 6.20. The maximum atomic E-state index is 11.7. The van der Waals surface area contributed by atoms with E-state index >= 15 is 0 Å². The zero-order chi connectivity index (χ0) is 14.3. The summed E-state index contributed by atoms with van der Waals surface area (Å²) < 4.78 is 24.7. The Morgan fingerprint density at radius 3 is 2.85 bits per heavy atom. The smallest absolute Gasteiger partial charge is 0.232 e. The van der Waals surface area contributed by atoms with Crippen LogP contribution in [0.3, 0.4) is 0 Å². The molecule has 1 aromatic carbocycles. The minimum Gasteiger partial charge on any atom is -0.351 e. The van der Waals surface area contributed by atoms with Crippen LogP contribution in [-0.2, 0) is 10.0 Å². The molecule has 1 aliphatic rings. The molecule has 0 atom stereocenters. The van der Waals surface area contributed by atoms with E-state index in [0.29, 0.717) is 5.69 Å². The van der Waals surface area contributed by atoms with Gasteiger partial charge >= 0.3 is 0 Å². The fourth-order valence-electron chi connectivity index (χ4n) is 2.19. The zero-order valence-corrected chi connectivity index (χ0v) is 12.9. The van der Waals surface area contributed by atoms with Crippen molar-refractivity contribution in [1.29, 1.82) is 0 Å². The highest BCUT2D eigenvalue weighted by Crippen LogP contribution is 2.29. The average molecular weight is 309 g/mol. The van der Waals surface area contributed by atoms with Gasteiger partial charge in [0.15, 0.2) is 0 Å². The number of para-hydroxylation sites is 1. The van der Waals surface area contributed by atoms with Gasteiger partial charge in [-0.3, -0.25) is 9.30 Å². The molecule has 3 rings (SSSR count). The highest BCUT2D eigenvalue weighted by molar-refractivity contribution is 8.14. The van der Waals surface area contributed by atoms with Crippen LogP contribution in [0.4, 0.5) is 5.69 Å². The monoisotopic (exact) mass is 309 g/mol. The molecule has 0 aliphatic carbocycles. The average Bonchev–Trinajstić information content (AvgIpc) is 3.04. The molecular weight excluding hydrogens is 294 g/mol. The van der Waals surface area contributed by atoms with Gasteiger partial charge in [0, 0.05) is 24.7 Å². The number of benzene rings is 1. The van der Waals surface area contributed by atoms with Crippen molar-refractivity contribution in [3.8, 4) is 0 Å². The third-order valence-corrected chi connectivity index (χ3v) is 5.49. The number of hydrogen-bond acceptors (Lipinski definition) is 4. The molecule has 0 unspecified atom stereocenters. The number of aromatic nitrogens is 1. The first-order chi connectivity index (χ1) is 9.47. The minimum absolute atomic E-state index is 0.653. The number of nitrogens with zero attached hydrogens (tertiary/aromatic N) is 2. The van der Waals surface area contributed by atoms with Crippen molar-refractivity contribution in [1.82, 2.24) is 4.98 Å². The number of sulfonamides is 1. The Balaban J connectivity index is 2.15. The molecule has 0 saturated heterocycles. The van der Waals surface area contributed by atoms with E-state index in [4.69, 9.17) is 0 Å². The second-order valence-corrected chi connectivity index (χ2v) is 7.79. The van der Waals surface area contributed by atoms with Gasteiger partial charge in [0.2, 0.25) is 10.0 Å². The van der Waals surface area contributed by atoms with Crippen molar-refractivity contribution >= 4 is 43.4 Å². The molecule has 0 saturated carbocycles. The fourth-order valence-corrected chi connectivity index (χ4v) is 3.53. The molecule has 1 aliphatic heterocycles. The normalized spacial score (nSPS) is 15.6. The summed E-state index contributed by atoms with van der Waals surface area (Å²) in [7, 11) is -1.72. The summed E-state index contributed by atoms with van der Waals surface area (Å²) in [5.74, 6) is 1.00. The molecule has 1 N–H and O–H groups in total. The Bertz CT molecular complexity index is 793. The molecule has 20 heavy (non-hydrogen) atoms. The van der Waals surface area contributed by atoms with E-state index in [1.165, 1.54) is 10.6 Å². The maximum absolute atomic E-state index is 11.7. The van der Waals surface area contributed by atoms with Crippen molar-refractivity contribution in [3.63, 3.8) is 0 Å². The first kappa shape index (κ1) is 13.5. The Kier molecular flexibility index (Phi) is 3.25. The number of aromatic amines is 1. The van der Waals surface area contributed by atoms with E-state index in [1.807, 2.05) is 18.2 Å². The van der Waals surface area contributed by atoms with Crippen LogP contribution in [0.2, 0.25) is 0 Å². The molecule has 0 spiro atoms. The van der Waals surface area contributed by atoms with Gasteiger partial charge < -0.3 is 4.98 Å². The fraction of sp³-hybridized carbons (Fsp3) is 0.308. The number of thioether (sulfide) groups is 1. The topological polar surface area (TPSA) is 65.5 Å². The van der Waals surface area contributed by atoms with Crippen molar-refractivity contribution < 1.29 is 8.42 Å². The van der Waals surface area contributed by atoms with E-state index in [1.54, 1.807) is 24.9 Å². The summed E-state index contributed by atoms with van der Waals surface area (Å²) in [6.07, 6.45) is 1.20. The maximum Gasteiger partial charge on any atom is 0.232 e. The zero-order valence-electron chi connectivity index (χ0n) is 11.3. The van der Waals surface area contributed by atoms with Crippen LogP contribution >= 0.6 is 11.8 Å². The van der Waals surface area contributed by atoms with E-state index in [9.17, 15) is 8.42 Å². The van der Waals surface area contributed by atoms with Crippen LogP contribution in [0.5, 0.6) is 0 Å². The molecule has 2 heterocycles. The lowest BCUT2D eigenvalue weighted by molar-refractivity contribution is 0.600. The van der Waals surface area contributed by atoms with Crippen LogP contribution in [0.1, 0.15) is 5.69 Å². The van der Waals surface area contributed by atoms with Gasteiger partial charge in [-0.2, -0.15) is 0 Å². The lowest BCUT2D eigenvalue weighted by Crippen LogP contribution is -2.25. The summed E-state index contributed by atoms with van der Waals surface area (Å²) in [4.78, 5) is 7.74. The van der Waals surface area contributed by atoms with Gasteiger partial charge in [-0.05, 0) is 12.1 Å². The largest absolute Gasteiger partial charge is 0.351 e. The molecule has 0 fully saturated rings. The van der Waals surface area contributed by atoms with Crippen molar-refractivity contribution in [3.05, 3.63) is 30.0 Å². The molecule has 106 valence electrons. The third-order valence-electron chi connectivity index (χ3n) is 3.29. The van der Waals surface area contributed by atoms with Crippen molar-refractivity contribution in [2.75, 3.05) is 29.9 Å². The van der Waals surface area contributed by atoms with E-state index in [0.717, 1.165) is 33.9 Å². The van der Waals surface area contributed by atoms with Crippen LogP contribution in [0.15, 0.2) is 29.3 Å². The number of rotatable bonds is 3. The molecular formula is C13H15N3O2S2. The molecule has 1 aromatic heterocycles. The van der Waals surface area contributed by atoms with Gasteiger partial charge in [0.05, 0.1) is 23.2 Å². The summed E-state index contributed by atoms with van der Waals surface area (Å²) >= 11 is 1.72. The molecule has 2 aromatic rings. The number of anilines is 1. The van der Waals surface area contributed by atoms with E-state index in [2.05, 4.69) is 9.98 Å². The summed E-state index contributed by atoms with van der Waals surface area (Å²) in [6.45, 7) is 0.839. The molecule has 0 bridgehead atoms. The third kappa shape index (κ3) is 2.31. The Labute approximate surface area is 122 Å². The van der Waals surface area contributed by atoms with Gasteiger partial charge in [-0.1, -0.05) is 12.1 Å². The SMILES string of the molecule is CN(c1cccc2cc(C3=NCCS3)[nH]c12)S(C)(=O)=O. The van der Waals surface area contributed by atoms with Gasteiger partial charge in [-0.15, -0.1) is 11.8 Å². The molecule has 0 amide bonds. The Hall–Kier alpha value is -1.47. The summed E-state index contributed by atoms with van der Waals surface area (Å²) in [5.41, 5.74) is 2.43. The Morgan fingerprint density at radius 1 is 1.40 bits per heavy atom. The highest BCUT2D eigenvalue weighted by Gasteiger charge is 2.18. The van der Waals surface area contributed by atoms with Crippen molar-refractivity contribution in [2.45, 2.75) is 0 Å². The van der Waals surface area contributed by atoms with Crippen LogP contribution in [0, 0.1) is 0 Å². The van der Waals surface area contributed by atoms with Gasteiger partial charge in [0.1, 0.15) is 5.04 Å². The predicted octanol–water partition coefficient (Wildman–Crippen LogP) is 2.06. The molecule has 0 radical (unpaired) electrons. The quantitative estimate of drug-likeness (QED) is 0.944. The van der Waals surface area contributed by atoms with E-state index < -0.39 is 10.0 Å². The second kappa shape index (κ2) is 4.82. The van der Waals surface area contributed by atoms with Crippen LogP contribution in [0.25, 0.3) is 10.9 Å². The number of H-pyrrole nitrogens is 1. The second-order valence-electron chi connectivity index (χ2n) is 4.69. The first-order valence-corrected chi connectivity index (χ1v) is 9.03. The Morgan fingerprint density at radius 2 is 2.20 bits per heavy atom.